The second-order valence-electron chi connectivity index (χ2n) is 12.8. The molecule has 6 heteroatoms. The summed E-state index contributed by atoms with van der Waals surface area (Å²) in [4.78, 5) is 16.7. The molecule has 0 aliphatic carbocycles. The molecule has 5 aromatic carbocycles. The molecule has 0 unspecified atom stereocenters. The summed E-state index contributed by atoms with van der Waals surface area (Å²) in [6.45, 7) is 7.67. The SMILES string of the molecule is [2H]c1ccc2oc3c(-c4ccc(C([2H])([2H])C([2H])([2H])c5cc(C([2H])([2H])C([2H])([2H])c6ccc(-c7[c-]cccc7)nc6)cc(C([2H])([2H])C([2H])([2H])c6ccc(-c7[c-]cccc7)nc6)c5)cn4)[c-]ccc3c2c1[N+]#[C-].[Ir+3]. The van der Waals surface area contributed by atoms with Crippen molar-refractivity contribution in [3.05, 3.63) is 215 Å². The van der Waals surface area contributed by atoms with Crippen LogP contribution in [0.5, 0.6) is 0 Å². The van der Waals surface area contributed by atoms with Gasteiger partial charge in [-0.25, -0.2) is 4.85 Å². The number of furan rings is 1. The van der Waals surface area contributed by atoms with Crippen LogP contribution in [-0.4, -0.2) is 15.0 Å². The Hall–Kier alpha value is -6.51. The Morgan fingerprint density at radius 2 is 1.09 bits per heavy atom. The molecule has 0 aliphatic rings. The van der Waals surface area contributed by atoms with Gasteiger partial charge in [0, 0.05) is 41.8 Å². The van der Waals surface area contributed by atoms with Gasteiger partial charge in [0.15, 0.2) is 5.69 Å². The zero-order valence-corrected chi connectivity index (χ0v) is 32.8. The molecule has 0 N–H and O–H groups in total. The molecular weight excluding hydrogens is 889 g/mol. The van der Waals surface area contributed by atoms with E-state index < -0.39 is 54.9 Å². The van der Waals surface area contributed by atoms with Crippen molar-refractivity contribution in [1.82, 2.24) is 15.0 Å². The normalized spacial score (nSPS) is 15.8. The quantitative estimate of drug-likeness (QED) is 0.115. The number of benzene rings is 5. The zero-order valence-electron chi connectivity index (χ0n) is 43.4. The topological polar surface area (TPSA) is 56.2 Å². The molecule has 9 aromatic rings. The van der Waals surface area contributed by atoms with E-state index in [0.29, 0.717) is 50.0 Å². The first-order valence-electron chi connectivity index (χ1n) is 24.4. The fraction of sp³-hybridized carbons (Fsp3) is 0.115. The van der Waals surface area contributed by atoms with Crippen molar-refractivity contribution in [2.24, 2.45) is 0 Å². The number of aryl methyl sites for hydroxylation is 6. The summed E-state index contributed by atoms with van der Waals surface area (Å²) in [5.74, 6) is 0. The monoisotopic (exact) mass is 939 g/mol. The van der Waals surface area contributed by atoms with Gasteiger partial charge in [-0.05, 0) is 94.8 Å². The first-order valence-corrected chi connectivity index (χ1v) is 17.9. The van der Waals surface area contributed by atoms with Crippen molar-refractivity contribution >= 4 is 27.6 Å². The molecule has 58 heavy (non-hydrogen) atoms. The standard InChI is InChI=1S/C52H37N4O.Ir/c1-53-49-16-9-17-50-51(49)45-15-8-14-44(52(45)57-50)48-29-26-38(35-56-48)20-23-41-31-39(21-18-36-24-27-46(54-33-36)42-10-4-2-5-11-42)30-40(32-41)22-19-37-25-28-47(55-34-37)43-12-6-3-7-13-43;/h2-10,12,15-17,24-35H,18-23H2;/q-3;+3/i16D,18D2,19D2,20D2,21D2,22D2,23D2;. The third kappa shape index (κ3) is 8.57. The van der Waals surface area contributed by atoms with Crippen LogP contribution in [0.25, 0.3) is 60.6 Å². The van der Waals surface area contributed by atoms with E-state index in [2.05, 4.69) is 38.0 Å². The predicted molar refractivity (Wildman–Crippen MR) is 228 cm³/mol. The van der Waals surface area contributed by atoms with Crippen molar-refractivity contribution in [1.29, 1.82) is 0 Å². The van der Waals surface area contributed by atoms with E-state index in [-0.39, 0.29) is 54.2 Å². The average molecular weight is 939 g/mol. The minimum atomic E-state index is -3.15. The Balaban J connectivity index is 0.00000676. The van der Waals surface area contributed by atoms with Gasteiger partial charge < -0.3 is 19.4 Å². The van der Waals surface area contributed by atoms with Crippen LogP contribution in [0.3, 0.4) is 0 Å². The average Bonchev–Trinajstić information content (AvgIpc) is 3.75. The van der Waals surface area contributed by atoms with Gasteiger partial charge in [-0.3, -0.25) is 0 Å². The molecule has 0 radical (unpaired) electrons. The molecule has 5 nitrogen and oxygen atoms in total. The van der Waals surface area contributed by atoms with Crippen LogP contribution in [0.1, 0.15) is 51.2 Å². The Kier molecular flexibility index (Phi) is 7.86. The minimum Gasteiger partial charge on any atom is -0.502 e. The summed E-state index contributed by atoms with van der Waals surface area (Å²) in [6, 6.07) is 40.7. The van der Waals surface area contributed by atoms with Gasteiger partial charge in [-0.15, -0.1) is 90.0 Å². The number of aromatic nitrogens is 3. The van der Waals surface area contributed by atoms with E-state index in [1.165, 1.54) is 54.9 Å². The molecule has 280 valence electrons. The second kappa shape index (κ2) is 17.7. The minimum absolute atomic E-state index is 0. The predicted octanol–water partition coefficient (Wildman–Crippen LogP) is 12.1. The molecule has 0 atom stereocenters. The maximum absolute atomic E-state index is 9.45. The fourth-order valence-corrected chi connectivity index (χ4v) is 6.24. The Bertz CT molecular complexity index is 3330. The van der Waals surface area contributed by atoms with E-state index >= 15 is 0 Å². The number of hydrogen-bond donors (Lipinski definition) is 0. The number of rotatable bonds is 12. The number of nitrogens with zero attached hydrogens (tertiary/aromatic N) is 4. The Morgan fingerprint density at radius 3 is 1.55 bits per heavy atom. The van der Waals surface area contributed by atoms with Crippen LogP contribution >= 0.6 is 0 Å². The molecule has 0 amide bonds. The molecule has 0 aliphatic heterocycles. The van der Waals surface area contributed by atoms with Gasteiger partial charge in [0.2, 0.25) is 0 Å². The molecule has 0 fully saturated rings. The van der Waals surface area contributed by atoms with E-state index in [0.717, 1.165) is 24.4 Å². The first-order chi connectivity index (χ1) is 33.1. The van der Waals surface area contributed by atoms with Crippen LogP contribution in [0.4, 0.5) is 5.69 Å². The maximum Gasteiger partial charge on any atom is 3.00 e. The van der Waals surface area contributed by atoms with Gasteiger partial charge >= 0.3 is 20.1 Å². The van der Waals surface area contributed by atoms with Crippen molar-refractivity contribution in [3.8, 4) is 33.8 Å². The molecular formula is C52H37IrN4O. The van der Waals surface area contributed by atoms with Crippen molar-refractivity contribution in [3.63, 3.8) is 0 Å². The van der Waals surface area contributed by atoms with E-state index in [9.17, 15) is 16.4 Å². The summed E-state index contributed by atoms with van der Waals surface area (Å²) < 4.78 is 126. The van der Waals surface area contributed by atoms with Crippen LogP contribution in [0, 0.1) is 24.8 Å². The zero-order chi connectivity index (χ0) is 50.0. The smallest absolute Gasteiger partial charge is 0.502 e. The summed E-state index contributed by atoms with van der Waals surface area (Å²) >= 11 is 0. The maximum atomic E-state index is 9.45. The number of fused-ring (bicyclic) bond motifs is 3. The van der Waals surface area contributed by atoms with Crippen molar-refractivity contribution in [2.45, 2.75) is 38.2 Å². The van der Waals surface area contributed by atoms with E-state index in [1.807, 2.05) is 0 Å². The van der Waals surface area contributed by atoms with Crippen LogP contribution in [0.15, 0.2) is 156 Å². The summed E-state index contributed by atoms with van der Waals surface area (Å²) in [5, 5.41) is 0.974. The fourth-order valence-electron chi connectivity index (χ4n) is 6.24. The number of hydrogen-bond acceptors (Lipinski definition) is 4. The Morgan fingerprint density at radius 1 is 0.569 bits per heavy atom. The van der Waals surface area contributed by atoms with Gasteiger partial charge in [0.05, 0.1) is 12.2 Å². The molecule has 0 saturated carbocycles. The second-order valence-corrected chi connectivity index (χ2v) is 12.8. The van der Waals surface area contributed by atoms with E-state index in [1.54, 1.807) is 66.7 Å². The molecule has 0 saturated heterocycles. The third-order valence-corrected chi connectivity index (χ3v) is 8.98. The summed E-state index contributed by atoms with van der Waals surface area (Å²) in [6.07, 6.45) is -14.8. The first kappa shape index (κ1) is 25.7. The molecule has 4 heterocycles. The largest absolute Gasteiger partial charge is 3.00 e. The van der Waals surface area contributed by atoms with E-state index in [4.69, 9.17) is 12.4 Å². The van der Waals surface area contributed by atoms with Gasteiger partial charge in [-0.1, -0.05) is 77.7 Å². The number of pyridine rings is 3. The van der Waals surface area contributed by atoms with Gasteiger partial charge in [0.25, 0.3) is 0 Å². The van der Waals surface area contributed by atoms with Crippen LogP contribution in [-0.2, 0) is 58.3 Å². The summed E-state index contributed by atoms with van der Waals surface area (Å²) in [5.41, 5.74) is 0.966. The van der Waals surface area contributed by atoms with Crippen LogP contribution < -0.4 is 0 Å². The molecule has 4 aromatic heterocycles. The third-order valence-electron chi connectivity index (χ3n) is 8.98. The molecule has 9 rings (SSSR count). The van der Waals surface area contributed by atoms with Gasteiger partial charge in [-0.2, -0.15) is 0 Å². The molecule has 0 bridgehead atoms. The molecule has 0 spiro atoms. The van der Waals surface area contributed by atoms with Crippen molar-refractivity contribution in [2.75, 3.05) is 0 Å². The van der Waals surface area contributed by atoms with Crippen molar-refractivity contribution < 1.29 is 42.3 Å². The van der Waals surface area contributed by atoms with Gasteiger partial charge in [0.1, 0.15) is 5.58 Å². The summed E-state index contributed by atoms with van der Waals surface area (Å²) in [7, 11) is 0. The Labute approximate surface area is 370 Å². The van der Waals surface area contributed by atoms with Crippen LogP contribution in [0.2, 0.25) is 0 Å².